The second-order valence-electron chi connectivity index (χ2n) is 6.24. The van der Waals surface area contributed by atoms with Crippen molar-refractivity contribution in [3.63, 3.8) is 0 Å². The molecule has 2 aromatic carbocycles. The molecule has 0 aromatic heterocycles. The average Bonchev–Trinajstić information content (AvgIpc) is 2.75. The summed E-state index contributed by atoms with van der Waals surface area (Å²) >= 11 is 6.12. The molecule has 162 valence electrons. The summed E-state index contributed by atoms with van der Waals surface area (Å²) in [5.74, 6) is -0.237. The van der Waals surface area contributed by atoms with Crippen LogP contribution in [0.4, 0.5) is 10.5 Å². The molecule has 0 unspecified atom stereocenters. The maximum atomic E-state index is 13.1. The number of hydrogen-bond acceptors (Lipinski definition) is 7. The predicted molar refractivity (Wildman–Crippen MR) is 113 cm³/mol. The number of methoxy groups -OCH3 is 4. The molecule has 1 aliphatic rings. The summed E-state index contributed by atoms with van der Waals surface area (Å²) in [6, 6.07) is 6.63. The number of ether oxygens (including phenoxy) is 4. The van der Waals surface area contributed by atoms with Crippen molar-refractivity contribution >= 4 is 41.2 Å². The van der Waals surface area contributed by atoms with Gasteiger partial charge in [0.15, 0.2) is 11.5 Å². The van der Waals surface area contributed by atoms with E-state index in [1.54, 1.807) is 12.1 Å². The second-order valence-corrected chi connectivity index (χ2v) is 6.64. The molecule has 1 fully saturated rings. The zero-order valence-electron chi connectivity index (χ0n) is 17.1. The van der Waals surface area contributed by atoms with Gasteiger partial charge in [0.2, 0.25) is 5.75 Å². The molecule has 0 atom stereocenters. The standard InChI is InChI=1S/C21H19ClN2O7/c1-28-15-6-5-12(10-14(15)22)24-20(26)13(19(25)23-21(24)27)7-11-8-16(29-2)18(31-4)17(9-11)30-3/h5-10H,1-4H3,(H,23,25,27). The van der Waals surface area contributed by atoms with E-state index in [9.17, 15) is 14.4 Å². The van der Waals surface area contributed by atoms with Gasteiger partial charge in [0.05, 0.1) is 39.1 Å². The zero-order chi connectivity index (χ0) is 22.7. The number of benzene rings is 2. The summed E-state index contributed by atoms with van der Waals surface area (Å²) in [6.07, 6.45) is 1.33. The first-order valence-corrected chi connectivity index (χ1v) is 9.27. The van der Waals surface area contributed by atoms with Crippen LogP contribution in [0, 0.1) is 0 Å². The van der Waals surface area contributed by atoms with E-state index in [0.29, 0.717) is 28.6 Å². The van der Waals surface area contributed by atoms with Crippen molar-refractivity contribution in [2.75, 3.05) is 33.3 Å². The molecule has 4 amide bonds. The summed E-state index contributed by atoms with van der Waals surface area (Å²) in [7, 11) is 5.79. The van der Waals surface area contributed by atoms with Gasteiger partial charge in [0, 0.05) is 0 Å². The number of imide groups is 2. The van der Waals surface area contributed by atoms with Crippen LogP contribution in [0.2, 0.25) is 5.02 Å². The highest BCUT2D eigenvalue weighted by Gasteiger charge is 2.37. The Morgan fingerprint density at radius 2 is 1.48 bits per heavy atom. The summed E-state index contributed by atoms with van der Waals surface area (Å²) in [4.78, 5) is 38.7. The number of carbonyl (C=O) groups is 3. The van der Waals surface area contributed by atoms with Crippen molar-refractivity contribution in [1.82, 2.24) is 5.32 Å². The lowest BCUT2D eigenvalue weighted by Gasteiger charge is -2.26. The topological polar surface area (TPSA) is 103 Å². The second kappa shape index (κ2) is 8.97. The lowest BCUT2D eigenvalue weighted by molar-refractivity contribution is -0.122. The van der Waals surface area contributed by atoms with Gasteiger partial charge in [-0.1, -0.05) is 11.6 Å². The Kier molecular flexibility index (Phi) is 6.36. The Morgan fingerprint density at radius 1 is 0.871 bits per heavy atom. The predicted octanol–water partition coefficient (Wildman–Crippen LogP) is 3.04. The maximum Gasteiger partial charge on any atom is 0.335 e. The van der Waals surface area contributed by atoms with Crippen LogP contribution in [0.15, 0.2) is 35.9 Å². The highest BCUT2D eigenvalue weighted by atomic mass is 35.5. The Balaban J connectivity index is 2.06. The van der Waals surface area contributed by atoms with E-state index in [4.69, 9.17) is 30.5 Å². The molecule has 0 radical (unpaired) electrons. The third kappa shape index (κ3) is 4.13. The van der Waals surface area contributed by atoms with Crippen molar-refractivity contribution in [2.24, 2.45) is 0 Å². The van der Waals surface area contributed by atoms with Crippen molar-refractivity contribution < 1.29 is 33.3 Å². The molecule has 0 bridgehead atoms. The molecular formula is C21H19ClN2O7. The Labute approximate surface area is 183 Å². The van der Waals surface area contributed by atoms with Gasteiger partial charge in [-0.3, -0.25) is 14.9 Å². The lowest BCUT2D eigenvalue weighted by atomic mass is 10.1. The number of nitrogens with zero attached hydrogens (tertiary/aromatic N) is 1. The van der Waals surface area contributed by atoms with E-state index in [1.165, 1.54) is 52.7 Å². The number of halogens is 1. The lowest BCUT2D eigenvalue weighted by Crippen LogP contribution is -2.54. The van der Waals surface area contributed by atoms with Crippen molar-refractivity contribution in [1.29, 1.82) is 0 Å². The maximum absolute atomic E-state index is 13.1. The van der Waals surface area contributed by atoms with E-state index in [1.807, 2.05) is 0 Å². The molecule has 31 heavy (non-hydrogen) atoms. The molecule has 2 aromatic rings. The average molecular weight is 447 g/mol. The molecule has 1 heterocycles. The summed E-state index contributed by atoms with van der Waals surface area (Å²) in [6.45, 7) is 0. The number of amides is 4. The largest absolute Gasteiger partial charge is 0.495 e. The molecule has 0 saturated carbocycles. The van der Waals surface area contributed by atoms with E-state index in [-0.39, 0.29) is 16.3 Å². The molecule has 9 nitrogen and oxygen atoms in total. The number of barbiturate groups is 1. The van der Waals surface area contributed by atoms with Crippen LogP contribution in [0.5, 0.6) is 23.0 Å². The molecule has 1 N–H and O–H groups in total. The van der Waals surface area contributed by atoms with Gasteiger partial charge in [0.1, 0.15) is 11.3 Å². The quantitative estimate of drug-likeness (QED) is 0.537. The fourth-order valence-electron chi connectivity index (χ4n) is 3.04. The van der Waals surface area contributed by atoms with Crippen LogP contribution in [-0.4, -0.2) is 46.3 Å². The van der Waals surface area contributed by atoms with Gasteiger partial charge >= 0.3 is 6.03 Å². The normalized spacial score (nSPS) is 15.1. The van der Waals surface area contributed by atoms with Gasteiger partial charge in [-0.25, -0.2) is 9.69 Å². The van der Waals surface area contributed by atoms with Gasteiger partial charge in [0.25, 0.3) is 11.8 Å². The Bertz CT molecular complexity index is 1070. The third-order valence-corrected chi connectivity index (χ3v) is 4.79. The number of rotatable bonds is 6. The number of anilines is 1. The number of hydrogen-bond donors (Lipinski definition) is 1. The monoisotopic (exact) mass is 446 g/mol. The molecule has 10 heteroatoms. The van der Waals surface area contributed by atoms with Gasteiger partial charge in [-0.2, -0.15) is 0 Å². The minimum Gasteiger partial charge on any atom is -0.495 e. The van der Waals surface area contributed by atoms with Gasteiger partial charge in [-0.05, 0) is 42.0 Å². The first-order valence-electron chi connectivity index (χ1n) is 8.89. The first-order chi connectivity index (χ1) is 14.8. The number of carbonyl (C=O) groups excluding carboxylic acids is 3. The van der Waals surface area contributed by atoms with Crippen molar-refractivity contribution in [3.05, 3.63) is 46.5 Å². The minimum absolute atomic E-state index is 0.177. The smallest absolute Gasteiger partial charge is 0.335 e. The Hall–Kier alpha value is -3.72. The molecule has 1 saturated heterocycles. The van der Waals surface area contributed by atoms with Crippen LogP contribution in [0.1, 0.15) is 5.56 Å². The summed E-state index contributed by atoms with van der Waals surface area (Å²) in [5, 5.41) is 2.36. The van der Waals surface area contributed by atoms with E-state index in [0.717, 1.165) is 4.90 Å². The Morgan fingerprint density at radius 3 is 2.00 bits per heavy atom. The summed E-state index contributed by atoms with van der Waals surface area (Å²) in [5.41, 5.74) is 0.340. The molecule has 3 rings (SSSR count). The van der Waals surface area contributed by atoms with Crippen LogP contribution in [0.25, 0.3) is 6.08 Å². The molecule has 0 spiro atoms. The van der Waals surface area contributed by atoms with Crippen LogP contribution in [-0.2, 0) is 9.59 Å². The third-order valence-electron chi connectivity index (χ3n) is 4.49. The van der Waals surface area contributed by atoms with E-state index >= 15 is 0 Å². The van der Waals surface area contributed by atoms with Crippen molar-refractivity contribution in [2.45, 2.75) is 0 Å². The minimum atomic E-state index is -0.890. The fourth-order valence-corrected chi connectivity index (χ4v) is 3.29. The fraction of sp³-hybridized carbons (Fsp3) is 0.190. The number of urea groups is 1. The first kappa shape index (κ1) is 22.0. The van der Waals surface area contributed by atoms with E-state index < -0.39 is 17.8 Å². The van der Waals surface area contributed by atoms with Crippen LogP contribution in [0.3, 0.4) is 0 Å². The van der Waals surface area contributed by atoms with Gasteiger partial charge in [-0.15, -0.1) is 0 Å². The SMILES string of the molecule is COc1ccc(N2C(=O)NC(=O)C(=Cc3cc(OC)c(OC)c(OC)c3)C2=O)cc1Cl. The highest BCUT2D eigenvalue weighted by Crippen LogP contribution is 2.39. The zero-order valence-corrected chi connectivity index (χ0v) is 17.9. The molecule has 1 aliphatic heterocycles. The number of nitrogens with one attached hydrogen (secondary N) is 1. The highest BCUT2D eigenvalue weighted by molar-refractivity contribution is 6.39. The van der Waals surface area contributed by atoms with Crippen LogP contribution < -0.4 is 29.2 Å². The van der Waals surface area contributed by atoms with Crippen LogP contribution >= 0.6 is 11.6 Å². The van der Waals surface area contributed by atoms with E-state index in [2.05, 4.69) is 5.32 Å². The molecule has 0 aliphatic carbocycles. The van der Waals surface area contributed by atoms with Crippen molar-refractivity contribution in [3.8, 4) is 23.0 Å². The molecular weight excluding hydrogens is 428 g/mol. The summed E-state index contributed by atoms with van der Waals surface area (Å²) < 4.78 is 20.9. The van der Waals surface area contributed by atoms with Gasteiger partial charge < -0.3 is 18.9 Å².